The molecule has 0 N–H and O–H groups in total. The molecular formula is C31H63N3. The van der Waals surface area contributed by atoms with E-state index in [1.165, 1.54) is 76.9 Å². The van der Waals surface area contributed by atoms with Crippen LogP contribution in [0.15, 0.2) is 23.4 Å². The van der Waals surface area contributed by atoms with Gasteiger partial charge in [0.1, 0.15) is 0 Å². The highest BCUT2D eigenvalue weighted by molar-refractivity contribution is 5.34. The van der Waals surface area contributed by atoms with Gasteiger partial charge >= 0.3 is 0 Å². The summed E-state index contributed by atoms with van der Waals surface area (Å²) >= 11 is 0. The van der Waals surface area contributed by atoms with Gasteiger partial charge in [-0.1, -0.05) is 101 Å². The number of rotatable bonds is 9. The van der Waals surface area contributed by atoms with Crippen molar-refractivity contribution < 1.29 is 0 Å². The van der Waals surface area contributed by atoms with Gasteiger partial charge in [0.2, 0.25) is 0 Å². The lowest BCUT2D eigenvalue weighted by atomic mass is 9.81. The Morgan fingerprint density at radius 2 is 1.50 bits per heavy atom. The van der Waals surface area contributed by atoms with E-state index in [0.717, 1.165) is 5.92 Å². The lowest BCUT2D eigenvalue weighted by Crippen LogP contribution is -2.47. The number of allylic oxidation sites excluding steroid dienone is 1. The van der Waals surface area contributed by atoms with Crippen molar-refractivity contribution in [3.63, 3.8) is 0 Å². The van der Waals surface area contributed by atoms with Crippen molar-refractivity contribution in [2.24, 2.45) is 17.3 Å². The maximum atomic E-state index is 2.65. The van der Waals surface area contributed by atoms with Crippen LogP contribution in [-0.4, -0.2) is 67.6 Å². The zero-order valence-electron chi connectivity index (χ0n) is 25.5. The third-order valence-corrected chi connectivity index (χ3v) is 7.52. The van der Waals surface area contributed by atoms with Gasteiger partial charge in [-0.15, -0.1) is 0 Å². The zero-order chi connectivity index (χ0) is 26.3. The SMILES string of the molecule is CCC.CCC(C)(C)CC.CCCCN1CCN(C2=C(CC(C)C)C(C)C(N(C)C)C=C2)CC1. The van der Waals surface area contributed by atoms with Crippen molar-refractivity contribution in [1.82, 2.24) is 14.7 Å². The van der Waals surface area contributed by atoms with Crippen LogP contribution in [0.25, 0.3) is 0 Å². The van der Waals surface area contributed by atoms with Crippen LogP contribution in [0.2, 0.25) is 0 Å². The van der Waals surface area contributed by atoms with Gasteiger partial charge in [0.25, 0.3) is 0 Å². The van der Waals surface area contributed by atoms with Crippen molar-refractivity contribution in [2.45, 2.75) is 114 Å². The van der Waals surface area contributed by atoms with E-state index in [0.29, 0.717) is 17.4 Å². The standard InChI is InChI=1S/C21H39N3.C7H16.C3H8/c1-7-8-11-23-12-14-24(15-13-23)21-10-9-20(22(5)6)18(4)19(21)16-17(2)3;1-5-7(3,4)6-2;1-3-2/h9-10,17-18,20H,7-8,11-16H2,1-6H3;5-6H2,1-4H3;3H2,1-2H3. The number of unbranched alkanes of at least 4 members (excludes halogenated alkanes) is 1. The summed E-state index contributed by atoms with van der Waals surface area (Å²) in [5.41, 5.74) is 3.79. The Morgan fingerprint density at radius 1 is 0.971 bits per heavy atom. The molecule has 2 aliphatic rings. The quantitative estimate of drug-likeness (QED) is 0.332. The van der Waals surface area contributed by atoms with E-state index in [4.69, 9.17) is 0 Å². The molecule has 0 amide bonds. The fourth-order valence-corrected chi connectivity index (χ4v) is 4.41. The molecule has 3 heteroatoms. The van der Waals surface area contributed by atoms with Crippen LogP contribution in [-0.2, 0) is 0 Å². The summed E-state index contributed by atoms with van der Waals surface area (Å²) in [5, 5.41) is 0. The molecule has 1 saturated heterocycles. The molecule has 0 aromatic heterocycles. The number of hydrogen-bond donors (Lipinski definition) is 0. The molecule has 1 heterocycles. The first-order valence-electron chi connectivity index (χ1n) is 14.5. The third-order valence-electron chi connectivity index (χ3n) is 7.52. The van der Waals surface area contributed by atoms with Crippen LogP contribution >= 0.6 is 0 Å². The molecule has 3 nitrogen and oxygen atoms in total. The smallest absolute Gasteiger partial charge is 0.0359 e. The summed E-state index contributed by atoms with van der Waals surface area (Å²) in [4.78, 5) is 7.65. The first-order chi connectivity index (χ1) is 16.0. The second kappa shape index (κ2) is 17.6. The van der Waals surface area contributed by atoms with E-state index in [1.807, 2.05) is 0 Å². The van der Waals surface area contributed by atoms with Crippen LogP contribution in [0, 0.1) is 17.3 Å². The van der Waals surface area contributed by atoms with Crippen LogP contribution < -0.4 is 0 Å². The first-order valence-corrected chi connectivity index (χ1v) is 14.5. The molecule has 2 rings (SSSR count). The van der Waals surface area contributed by atoms with Crippen LogP contribution in [0.3, 0.4) is 0 Å². The Balaban J connectivity index is 0.000000920. The summed E-state index contributed by atoms with van der Waals surface area (Å²) in [6.07, 6.45) is 12.5. The second-order valence-electron chi connectivity index (χ2n) is 11.9. The van der Waals surface area contributed by atoms with Crippen molar-refractivity contribution in [3.8, 4) is 0 Å². The number of likely N-dealkylation sites (N-methyl/N-ethyl adjacent to an activating group) is 1. The fourth-order valence-electron chi connectivity index (χ4n) is 4.41. The Kier molecular flexibility index (Phi) is 17.2. The number of hydrogen-bond acceptors (Lipinski definition) is 3. The lowest BCUT2D eigenvalue weighted by molar-refractivity contribution is 0.156. The molecule has 1 aliphatic heterocycles. The van der Waals surface area contributed by atoms with Gasteiger partial charge in [-0.05, 0) is 62.4 Å². The highest BCUT2D eigenvalue weighted by Crippen LogP contribution is 2.34. The van der Waals surface area contributed by atoms with Gasteiger partial charge in [-0.2, -0.15) is 0 Å². The van der Waals surface area contributed by atoms with E-state index in [1.54, 1.807) is 5.57 Å². The van der Waals surface area contributed by atoms with Crippen molar-refractivity contribution >= 4 is 0 Å². The molecule has 2 unspecified atom stereocenters. The molecule has 1 aliphatic carbocycles. The molecule has 0 aromatic rings. The van der Waals surface area contributed by atoms with Crippen LogP contribution in [0.1, 0.15) is 108 Å². The third kappa shape index (κ3) is 12.2. The maximum absolute atomic E-state index is 2.65. The van der Waals surface area contributed by atoms with E-state index < -0.39 is 0 Å². The van der Waals surface area contributed by atoms with Crippen molar-refractivity contribution in [3.05, 3.63) is 23.4 Å². The maximum Gasteiger partial charge on any atom is 0.0359 e. The van der Waals surface area contributed by atoms with Crippen LogP contribution in [0.4, 0.5) is 0 Å². The number of nitrogens with zero attached hydrogens (tertiary/aromatic N) is 3. The second-order valence-corrected chi connectivity index (χ2v) is 11.9. The first kappa shape index (κ1) is 33.2. The van der Waals surface area contributed by atoms with Gasteiger partial charge in [0.05, 0.1) is 0 Å². The molecule has 0 aromatic carbocycles. The molecular weight excluding hydrogens is 414 g/mol. The predicted octanol–water partition coefficient (Wildman–Crippen LogP) is 8.09. The predicted molar refractivity (Wildman–Crippen MR) is 156 cm³/mol. The molecule has 202 valence electrons. The average molecular weight is 478 g/mol. The highest BCUT2D eigenvalue weighted by Gasteiger charge is 2.29. The van der Waals surface area contributed by atoms with Gasteiger partial charge in [-0.3, -0.25) is 4.90 Å². The van der Waals surface area contributed by atoms with Gasteiger partial charge < -0.3 is 9.80 Å². The van der Waals surface area contributed by atoms with Gasteiger partial charge in [0.15, 0.2) is 0 Å². The van der Waals surface area contributed by atoms with E-state index >= 15 is 0 Å². The molecule has 1 fully saturated rings. The zero-order valence-corrected chi connectivity index (χ0v) is 25.5. The molecule has 2 atom stereocenters. The lowest BCUT2D eigenvalue weighted by Gasteiger charge is -2.41. The summed E-state index contributed by atoms with van der Waals surface area (Å²) in [5.74, 6) is 1.33. The Hall–Kier alpha value is -0.800. The van der Waals surface area contributed by atoms with Crippen molar-refractivity contribution in [2.75, 3.05) is 46.8 Å². The monoisotopic (exact) mass is 478 g/mol. The minimum Gasteiger partial charge on any atom is -0.369 e. The molecule has 0 bridgehead atoms. The molecule has 0 spiro atoms. The fraction of sp³-hybridized carbons (Fsp3) is 0.871. The van der Waals surface area contributed by atoms with Crippen LogP contribution in [0.5, 0.6) is 0 Å². The molecule has 34 heavy (non-hydrogen) atoms. The Morgan fingerprint density at radius 3 is 1.88 bits per heavy atom. The van der Waals surface area contributed by atoms with Gasteiger partial charge in [0, 0.05) is 37.9 Å². The topological polar surface area (TPSA) is 9.72 Å². The summed E-state index contributed by atoms with van der Waals surface area (Å²) in [6, 6.07) is 0.536. The Bertz CT molecular complexity index is 559. The summed E-state index contributed by atoms with van der Waals surface area (Å²) < 4.78 is 0. The average Bonchev–Trinajstić information content (AvgIpc) is 2.80. The Labute approximate surface area is 216 Å². The van der Waals surface area contributed by atoms with E-state index in [9.17, 15) is 0 Å². The minimum absolute atomic E-state index is 0.536. The normalized spacial score (nSPS) is 21.4. The minimum atomic E-state index is 0.536. The molecule has 0 radical (unpaired) electrons. The van der Waals surface area contributed by atoms with Gasteiger partial charge in [-0.25, -0.2) is 0 Å². The number of piperazine rings is 1. The van der Waals surface area contributed by atoms with E-state index in [2.05, 4.69) is 110 Å². The summed E-state index contributed by atoms with van der Waals surface area (Å²) in [6.45, 7) is 28.8. The largest absolute Gasteiger partial charge is 0.369 e. The van der Waals surface area contributed by atoms with Crippen molar-refractivity contribution in [1.29, 1.82) is 0 Å². The summed E-state index contributed by atoms with van der Waals surface area (Å²) in [7, 11) is 4.41. The highest BCUT2D eigenvalue weighted by atomic mass is 15.3. The van der Waals surface area contributed by atoms with E-state index in [-0.39, 0.29) is 0 Å². The molecule has 0 saturated carbocycles.